The van der Waals surface area contributed by atoms with Gasteiger partial charge in [0, 0.05) is 45.0 Å². The standard InChI is InChI=1S/C56H35N3O/c1-3-14-36(15-4-1)50-35-51(59-55(58-50)38-16-5-2-6-17-38)42-20-11-19-39(32-42)40-27-29-48-52(33-40)60-53-34-41(43-24-12-18-37-21-13-31-57-54(37)43)28-30-49(53)56(48)46-25-9-7-22-44(46)45-23-8-10-26-47(45)56/h1-35H. The molecule has 0 saturated heterocycles. The minimum Gasteiger partial charge on any atom is -0.457 e. The van der Waals surface area contributed by atoms with Crippen LogP contribution in [0.5, 0.6) is 11.5 Å². The van der Waals surface area contributed by atoms with Gasteiger partial charge in [-0.1, -0.05) is 176 Å². The Balaban J connectivity index is 1.03. The van der Waals surface area contributed by atoms with Gasteiger partial charge in [0.15, 0.2) is 5.82 Å². The lowest BCUT2D eigenvalue weighted by Crippen LogP contribution is -2.32. The predicted octanol–water partition coefficient (Wildman–Crippen LogP) is 13.8. The monoisotopic (exact) mass is 765 g/mol. The van der Waals surface area contributed by atoms with Crippen LogP contribution in [0, 0.1) is 0 Å². The highest BCUT2D eigenvalue weighted by atomic mass is 16.5. The van der Waals surface area contributed by atoms with Crippen molar-refractivity contribution in [2.45, 2.75) is 5.41 Å². The Morgan fingerprint density at radius 1 is 0.350 bits per heavy atom. The molecule has 0 unspecified atom stereocenters. The minimum absolute atomic E-state index is 0.575. The number of ether oxygens (including phenoxy) is 1. The van der Waals surface area contributed by atoms with Crippen LogP contribution in [0.3, 0.4) is 0 Å². The van der Waals surface area contributed by atoms with Crippen LogP contribution in [0.25, 0.3) is 78.2 Å². The molecule has 8 aromatic carbocycles. The number of rotatable bonds is 5. The molecule has 0 saturated carbocycles. The summed E-state index contributed by atoms with van der Waals surface area (Å²) in [5.74, 6) is 2.37. The van der Waals surface area contributed by atoms with E-state index in [1.807, 2.05) is 48.7 Å². The van der Waals surface area contributed by atoms with Gasteiger partial charge in [-0.15, -0.1) is 0 Å². The number of benzene rings is 8. The molecule has 60 heavy (non-hydrogen) atoms. The molecule has 3 heterocycles. The summed E-state index contributed by atoms with van der Waals surface area (Å²) >= 11 is 0. The average Bonchev–Trinajstić information content (AvgIpc) is 3.62. The maximum absolute atomic E-state index is 7.13. The van der Waals surface area contributed by atoms with E-state index in [1.165, 1.54) is 22.3 Å². The maximum Gasteiger partial charge on any atom is 0.160 e. The van der Waals surface area contributed by atoms with Crippen LogP contribution in [0.1, 0.15) is 22.3 Å². The number of nitrogens with zero attached hydrogens (tertiary/aromatic N) is 3. The highest BCUT2D eigenvalue weighted by Gasteiger charge is 2.51. The molecule has 1 spiro atoms. The second kappa shape index (κ2) is 13.6. The number of pyridine rings is 1. The van der Waals surface area contributed by atoms with Gasteiger partial charge >= 0.3 is 0 Å². The largest absolute Gasteiger partial charge is 0.457 e. The number of hydrogen-bond donors (Lipinski definition) is 0. The van der Waals surface area contributed by atoms with Crippen molar-refractivity contribution in [3.8, 4) is 78.8 Å². The first-order valence-corrected chi connectivity index (χ1v) is 20.3. The molecule has 4 nitrogen and oxygen atoms in total. The van der Waals surface area contributed by atoms with Gasteiger partial charge in [-0.05, 0) is 69.3 Å². The van der Waals surface area contributed by atoms with Crippen LogP contribution in [0.2, 0.25) is 0 Å². The maximum atomic E-state index is 7.13. The van der Waals surface area contributed by atoms with E-state index in [4.69, 9.17) is 19.7 Å². The number of para-hydroxylation sites is 1. The Morgan fingerprint density at radius 3 is 1.62 bits per heavy atom. The first-order chi connectivity index (χ1) is 29.7. The Bertz CT molecular complexity index is 3190. The van der Waals surface area contributed by atoms with Crippen molar-refractivity contribution < 1.29 is 4.74 Å². The van der Waals surface area contributed by atoms with Crippen LogP contribution in [-0.2, 0) is 5.41 Å². The molecule has 0 radical (unpaired) electrons. The zero-order valence-corrected chi connectivity index (χ0v) is 32.5. The van der Waals surface area contributed by atoms with E-state index in [0.29, 0.717) is 5.82 Å². The van der Waals surface area contributed by atoms with Crippen molar-refractivity contribution in [2.75, 3.05) is 0 Å². The van der Waals surface area contributed by atoms with Gasteiger partial charge in [0.05, 0.1) is 22.3 Å². The van der Waals surface area contributed by atoms with E-state index in [1.54, 1.807) is 0 Å². The lowest BCUT2D eigenvalue weighted by atomic mass is 9.65. The molecule has 2 aliphatic rings. The van der Waals surface area contributed by atoms with Crippen LogP contribution >= 0.6 is 0 Å². The van der Waals surface area contributed by atoms with Gasteiger partial charge in [0.1, 0.15) is 11.5 Å². The summed E-state index contributed by atoms with van der Waals surface area (Å²) in [5, 5.41) is 1.11. The van der Waals surface area contributed by atoms with E-state index >= 15 is 0 Å². The molecule has 12 rings (SSSR count). The molecular weight excluding hydrogens is 731 g/mol. The van der Waals surface area contributed by atoms with Crippen LogP contribution in [0.15, 0.2) is 212 Å². The fraction of sp³-hybridized carbons (Fsp3) is 0.0179. The lowest BCUT2D eigenvalue weighted by Gasteiger charge is -2.39. The summed E-state index contributed by atoms with van der Waals surface area (Å²) in [6, 6.07) is 72.9. The number of fused-ring (bicyclic) bond motifs is 10. The molecule has 0 N–H and O–H groups in total. The topological polar surface area (TPSA) is 47.9 Å². The fourth-order valence-corrected chi connectivity index (χ4v) is 9.52. The van der Waals surface area contributed by atoms with Gasteiger partial charge in [-0.3, -0.25) is 4.98 Å². The van der Waals surface area contributed by atoms with Crippen molar-refractivity contribution in [1.29, 1.82) is 0 Å². The van der Waals surface area contributed by atoms with Gasteiger partial charge in [-0.25, -0.2) is 9.97 Å². The summed E-state index contributed by atoms with van der Waals surface area (Å²) in [6.07, 6.45) is 1.87. The summed E-state index contributed by atoms with van der Waals surface area (Å²) in [5.41, 5.74) is 16.7. The second-order valence-electron chi connectivity index (χ2n) is 15.5. The summed E-state index contributed by atoms with van der Waals surface area (Å²) in [6.45, 7) is 0. The van der Waals surface area contributed by atoms with Crippen molar-refractivity contribution in [1.82, 2.24) is 15.0 Å². The van der Waals surface area contributed by atoms with E-state index in [9.17, 15) is 0 Å². The average molecular weight is 766 g/mol. The van der Waals surface area contributed by atoms with E-state index < -0.39 is 5.41 Å². The summed E-state index contributed by atoms with van der Waals surface area (Å²) < 4.78 is 7.13. The fourth-order valence-electron chi connectivity index (χ4n) is 9.52. The van der Waals surface area contributed by atoms with Crippen LogP contribution < -0.4 is 4.74 Å². The predicted molar refractivity (Wildman–Crippen MR) is 242 cm³/mol. The third kappa shape index (κ3) is 5.28. The molecule has 280 valence electrons. The molecule has 0 atom stereocenters. The molecule has 0 bridgehead atoms. The first-order valence-electron chi connectivity index (χ1n) is 20.3. The molecule has 10 aromatic rings. The summed E-state index contributed by atoms with van der Waals surface area (Å²) in [7, 11) is 0. The molecule has 1 aliphatic heterocycles. The Kier molecular flexibility index (Phi) is 7.72. The van der Waals surface area contributed by atoms with Crippen molar-refractivity contribution >= 4 is 10.9 Å². The smallest absolute Gasteiger partial charge is 0.160 e. The zero-order chi connectivity index (χ0) is 39.6. The summed E-state index contributed by atoms with van der Waals surface area (Å²) in [4.78, 5) is 15.0. The molecular formula is C56H35N3O. The highest BCUT2D eigenvalue weighted by molar-refractivity contribution is 5.95. The van der Waals surface area contributed by atoms with E-state index in [2.05, 4.69) is 164 Å². The van der Waals surface area contributed by atoms with Gasteiger partial charge in [0.2, 0.25) is 0 Å². The van der Waals surface area contributed by atoms with Gasteiger partial charge < -0.3 is 4.74 Å². The zero-order valence-electron chi connectivity index (χ0n) is 32.5. The van der Waals surface area contributed by atoms with Crippen molar-refractivity contribution in [3.05, 3.63) is 235 Å². The highest BCUT2D eigenvalue weighted by Crippen LogP contribution is 2.62. The number of hydrogen-bond acceptors (Lipinski definition) is 4. The Labute approximate surface area is 348 Å². The van der Waals surface area contributed by atoms with E-state index in [-0.39, 0.29) is 0 Å². The molecule has 0 amide bonds. The van der Waals surface area contributed by atoms with E-state index in [0.717, 1.165) is 83.9 Å². The molecule has 1 aliphatic carbocycles. The van der Waals surface area contributed by atoms with Crippen molar-refractivity contribution in [3.63, 3.8) is 0 Å². The normalized spacial score (nSPS) is 12.9. The van der Waals surface area contributed by atoms with Crippen LogP contribution in [-0.4, -0.2) is 15.0 Å². The third-order valence-electron chi connectivity index (χ3n) is 12.2. The van der Waals surface area contributed by atoms with Crippen LogP contribution in [0.4, 0.5) is 0 Å². The minimum atomic E-state index is -0.575. The Morgan fingerprint density at radius 2 is 0.883 bits per heavy atom. The van der Waals surface area contributed by atoms with Gasteiger partial charge in [0.25, 0.3) is 0 Å². The first kappa shape index (κ1) is 34.1. The Hall–Kier alpha value is -7.95. The molecule has 2 aromatic heterocycles. The quantitative estimate of drug-likeness (QED) is 0.175. The SMILES string of the molecule is c1ccc(-c2cc(-c3cccc(-c4ccc5c(c4)Oc4cc(-c6cccc7cccnc67)ccc4C54c5ccccc5-c5ccccc54)c3)nc(-c3ccccc3)n2)cc1. The third-order valence-corrected chi connectivity index (χ3v) is 12.2. The van der Waals surface area contributed by atoms with Crippen molar-refractivity contribution in [2.24, 2.45) is 0 Å². The molecule has 0 fully saturated rings. The van der Waals surface area contributed by atoms with Gasteiger partial charge in [-0.2, -0.15) is 0 Å². The molecule has 4 heteroatoms. The lowest BCUT2D eigenvalue weighted by molar-refractivity contribution is 0.437. The second-order valence-corrected chi connectivity index (χ2v) is 15.5. The number of aromatic nitrogens is 3.